The van der Waals surface area contributed by atoms with Gasteiger partial charge in [-0.25, -0.2) is 13.9 Å². The van der Waals surface area contributed by atoms with E-state index in [1.54, 1.807) is 43.5 Å². The average molecular weight is 529 g/mol. The molecule has 11 heteroatoms. The first-order chi connectivity index (χ1) is 18.1. The van der Waals surface area contributed by atoms with Crippen LogP contribution in [0.15, 0.2) is 48.7 Å². The Labute approximate surface area is 217 Å². The zero-order chi connectivity index (χ0) is 27.4. The summed E-state index contributed by atoms with van der Waals surface area (Å²) in [6.45, 7) is 5.66. The van der Waals surface area contributed by atoms with Crippen LogP contribution >= 0.6 is 0 Å². The smallest absolute Gasteiger partial charge is 0.382 e. The molecule has 0 spiro atoms. The predicted octanol–water partition coefficient (Wildman–Crippen LogP) is 6.40. The molecule has 38 heavy (non-hydrogen) atoms. The van der Waals surface area contributed by atoms with E-state index in [2.05, 4.69) is 26.0 Å². The van der Waals surface area contributed by atoms with Gasteiger partial charge in [0.05, 0.1) is 24.0 Å². The minimum absolute atomic E-state index is 0.163. The summed E-state index contributed by atoms with van der Waals surface area (Å²) in [6.07, 6.45) is -2.93. The number of nitrogens with zero attached hydrogens (tertiary/aromatic N) is 3. The van der Waals surface area contributed by atoms with Gasteiger partial charge in [-0.2, -0.15) is 13.2 Å². The Bertz CT molecular complexity index is 1460. The van der Waals surface area contributed by atoms with E-state index in [1.165, 1.54) is 10.6 Å². The molecule has 3 N–H and O–H groups in total. The fraction of sp³-hybridized carbons (Fsp3) is 0.296. The van der Waals surface area contributed by atoms with Crippen molar-refractivity contribution in [1.82, 2.24) is 19.9 Å². The van der Waals surface area contributed by atoms with Crippen LogP contribution in [0.25, 0.3) is 16.9 Å². The SMILES string of the molecule is CCCNC(=O)c1ccc(-c2cnc3c(NCCC(F)(F)F)cc(Nc4ccc(F)c(C)c4)nn23)cc1C. The Hall–Kier alpha value is -4.15. The van der Waals surface area contributed by atoms with Crippen LogP contribution in [-0.2, 0) is 0 Å². The number of anilines is 3. The second-order valence-electron chi connectivity index (χ2n) is 8.99. The molecular weight excluding hydrogens is 500 g/mol. The van der Waals surface area contributed by atoms with Gasteiger partial charge >= 0.3 is 6.18 Å². The first kappa shape index (κ1) is 26.9. The summed E-state index contributed by atoms with van der Waals surface area (Å²) < 4.78 is 53.6. The monoisotopic (exact) mass is 528 g/mol. The van der Waals surface area contributed by atoms with Crippen molar-refractivity contribution in [2.24, 2.45) is 0 Å². The maximum Gasteiger partial charge on any atom is 0.390 e. The Morgan fingerprint density at radius 1 is 1.03 bits per heavy atom. The third-order valence-electron chi connectivity index (χ3n) is 5.92. The first-order valence-electron chi connectivity index (χ1n) is 12.2. The molecule has 200 valence electrons. The Morgan fingerprint density at radius 2 is 1.82 bits per heavy atom. The molecule has 0 saturated carbocycles. The van der Waals surface area contributed by atoms with Gasteiger partial charge in [0, 0.05) is 36.0 Å². The normalized spacial score (nSPS) is 11.6. The molecule has 4 aromatic rings. The van der Waals surface area contributed by atoms with Gasteiger partial charge in [0.2, 0.25) is 0 Å². The quantitative estimate of drug-likeness (QED) is 0.219. The van der Waals surface area contributed by atoms with Crippen LogP contribution in [0, 0.1) is 19.7 Å². The minimum atomic E-state index is -4.31. The Balaban J connectivity index is 1.73. The molecule has 0 unspecified atom stereocenters. The molecule has 2 aromatic carbocycles. The summed E-state index contributed by atoms with van der Waals surface area (Å²) in [7, 11) is 0. The minimum Gasteiger partial charge on any atom is -0.382 e. The zero-order valence-corrected chi connectivity index (χ0v) is 21.2. The molecule has 2 aromatic heterocycles. The van der Waals surface area contributed by atoms with Gasteiger partial charge in [0.1, 0.15) is 5.82 Å². The molecule has 2 heterocycles. The van der Waals surface area contributed by atoms with Crippen LogP contribution < -0.4 is 16.0 Å². The number of aromatic nitrogens is 3. The van der Waals surface area contributed by atoms with Crippen molar-refractivity contribution in [1.29, 1.82) is 0 Å². The molecule has 0 fully saturated rings. The highest BCUT2D eigenvalue weighted by Gasteiger charge is 2.26. The second-order valence-corrected chi connectivity index (χ2v) is 8.99. The van der Waals surface area contributed by atoms with E-state index in [4.69, 9.17) is 0 Å². The predicted molar refractivity (Wildman–Crippen MR) is 139 cm³/mol. The lowest BCUT2D eigenvalue weighted by atomic mass is 10.0. The molecule has 0 aliphatic rings. The molecule has 0 atom stereocenters. The van der Waals surface area contributed by atoms with E-state index in [9.17, 15) is 22.4 Å². The molecule has 0 radical (unpaired) electrons. The molecule has 0 aliphatic carbocycles. The number of carbonyl (C=O) groups excluding carboxylic acids is 1. The summed E-state index contributed by atoms with van der Waals surface area (Å²) in [5.41, 5.74) is 4.30. The molecule has 0 aliphatic heterocycles. The molecule has 0 bridgehead atoms. The van der Waals surface area contributed by atoms with Crippen molar-refractivity contribution >= 4 is 28.7 Å². The second kappa shape index (κ2) is 11.1. The van der Waals surface area contributed by atoms with Crippen LogP contribution in [0.4, 0.5) is 34.8 Å². The third kappa shape index (κ3) is 6.21. The highest BCUT2D eigenvalue weighted by molar-refractivity contribution is 5.96. The van der Waals surface area contributed by atoms with Crippen LogP contribution in [0.3, 0.4) is 0 Å². The number of benzene rings is 2. The van der Waals surface area contributed by atoms with Crippen LogP contribution in [0.5, 0.6) is 0 Å². The third-order valence-corrected chi connectivity index (χ3v) is 5.92. The van der Waals surface area contributed by atoms with E-state index in [0.29, 0.717) is 46.2 Å². The average Bonchev–Trinajstić information content (AvgIpc) is 3.28. The van der Waals surface area contributed by atoms with Crippen molar-refractivity contribution in [2.75, 3.05) is 23.7 Å². The largest absolute Gasteiger partial charge is 0.390 e. The van der Waals surface area contributed by atoms with Crippen LogP contribution in [0.2, 0.25) is 0 Å². The van der Waals surface area contributed by atoms with E-state index in [0.717, 1.165) is 17.5 Å². The maximum absolute atomic E-state index is 13.7. The highest BCUT2D eigenvalue weighted by atomic mass is 19.4. The van der Waals surface area contributed by atoms with Gasteiger partial charge in [0.25, 0.3) is 5.91 Å². The molecule has 7 nitrogen and oxygen atoms in total. The number of amides is 1. The molecule has 1 amide bonds. The van der Waals surface area contributed by atoms with E-state index >= 15 is 0 Å². The van der Waals surface area contributed by atoms with Gasteiger partial charge < -0.3 is 16.0 Å². The fourth-order valence-corrected chi connectivity index (χ4v) is 3.98. The standard InChI is InChI=1S/C27H28F4N6O/c1-4-10-33-26(38)20-7-5-18(12-16(20)2)23-15-34-25-22(32-11-9-27(29,30)31)14-24(36-37(23)25)35-19-6-8-21(28)17(3)13-19/h5-8,12-15,32H,4,9-11H2,1-3H3,(H,33,38)(H,35,36). The topological polar surface area (TPSA) is 83.3 Å². The number of fused-ring (bicyclic) bond motifs is 1. The summed E-state index contributed by atoms with van der Waals surface area (Å²) in [5, 5.41) is 13.4. The number of carbonyl (C=O) groups is 1. The summed E-state index contributed by atoms with van der Waals surface area (Å²) in [4.78, 5) is 16.9. The number of alkyl halides is 3. The number of halogens is 4. The number of aryl methyl sites for hydroxylation is 2. The summed E-state index contributed by atoms with van der Waals surface area (Å²) >= 11 is 0. The van der Waals surface area contributed by atoms with Crippen molar-refractivity contribution in [3.05, 3.63) is 71.2 Å². The van der Waals surface area contributed by atoms with E-state index in [-0.39, 0.29) is 18.3 Å². The maximum atomic E-state index is 13.7. The molecular formula is C27H28F4N6O. The van der Waals surface area contributed by atoms with Gasteiger partial charge in [-0.1, -0.05) is 13.0 Å². The Morgan fingerprint density at radius 3 is 2.50 bits per heavy atom. The van der Waals surface area contributed by atoms with Crippen molar-refractivity contribution in [3.8, 4) is 11.3 Å². The summed E-state index contributed by atoms with van der Waals surface area (Å²) in [6, 6.07) is 11.4. The first-order valence-corrected chi connectivity index (χ1v) is 12.2. The fourth-order valence-electron chi connectivity index (χ4n) is 3.98. The van der Waals surface area contributed by atoms with Crippen molar-refractivity contribution in [2.45, 2.75) is 39.8 Å². The van der Waals surface area contributed by atoms with Crippen molar-refractivity contribution in [3.63, 3.8) is 0 Å². The lowest BCUT2D eigenvalue weighted by molar-refractivity contribution is -0.131. The lowest BCUT2D eigenvalue weighted by Gasteiger charge is -2.14. The van der Waals surface area contributed by atoms with Crippen molar-refractivity contribution < 1.29 is 22.4 Å². The molecule has 4 rings (SSSR count). The van der Waals surface area contributed by atoms with Crippen LogP contribution in [0.1, 0.15) is 41.3 Å². The number of hydrogen-bond acceptors (Lipinski definition) is 5. The number of rotatable bonds is 9. The number of nitrogens with one attached hydrogen (secondary N) is 3. The van der Waals surface area contributed by atoms with Gasteiger partial charge in [-0.15, -0.1) is 5.10 Å². The van der Waals surface area contributed by atoms with Crippen LogP contribution in [-0.4, -0.2) is 39.8 Å². The van der Waals surface area contributed by atoms with E-state index in [1.807, 2.05) is 19.9 Å². The van der Waals surface area contributed by atoms with E-state index < -0.39 is 12.6 Å². The zero-order valence-electron chi connectivity index (χ0n) is 21.2. The van der Waals surface area contributed by atoms with Gasteiger partial charge in [-0.05, 0) is 61.7 Å². The number of hydrogen-bond donors (Lipinski definition) is 3. The lowest BCUT2D eigenvalue weighted by Crippen LogP contribution is -2.24. The van der Waals surface area contributed by atoms with Gasteiger partial charge in [-0.3, -0.25) is 4.79 Å². The molecule has 0 saturated heterocycles. The summed E-state index contributed by atoms with van der Waals surface area (Å²) in [5.74, 6) is -0.193. The number of imidazole rings is 1. The highest BCUT2D eigenvalue weighted by Crippen LogP contribution is 2.29. The van der Waals surface area contributed by atoms with Gasteiger partial charge in [0.15, 0.2) is 11.5 Å². The Kier molecular flexibility index (Phi) is 7.84.